The van der Waals surface area contributed by atoms with E-state index in [0.717, 1.165) is 18.9 Å². The lowest BCUT2D eigenvalue weighted by atomic mass is 10.1. The lowest BCUT2D eigenvalue weighted by Gasteiger charge is -2.14. The number of rotatable bonds is 5. The summed E-state index contributed by atoms with van der Waals surface area (Å²) in [5.74, 6) is 0.764. The molecule has 1 heteroatoms. The maximum absolute atomic E-state index is 5.92. The van der Waals surface area contributed by atoms with Gasteiger partial charge in [-0.25, -0.2) is 0 Å². The average Bonchev–Trinajstić information content (AvgIpc) is 2.73. The summed E-state index contributed by atoms with van der Waals surface area (Å²) in [4.78, 5) is 0. The van der Waals surface area contributed by atoms with Gasteiger partial charge >= 0.3 is 0 Å². The third kappa shape index (κ3) is 2.53. The van der Waals surface area contributed by atoms with Gasteiger partial charge in [0.2, 0.25) is 0 Å². The van der Waals surface area contributed by atoms with E-state index in [1.165, 1.54) is 17.5 Å². The number of hydrogen-bond acceptors (Lipinski definition) is 1. The van der Waals surface area contributed by atoms with Crippen molar-refractivity contribution in [3.8, 4) is 0 Å². The summed E-state index contributed by atoms with van der Waals surface area (Å²) in [6.07, 6.45) is 6.88. The zero-order valence-corrected chi connectivity index (χ0v) is 10.1. The quantitative estimate of drug-likeness (QED) is 0.716. The van der Waals surface area contributed by atoms with E-state index in [0.29, 0.717) is 0 Å². The van der Waals surface area contributed by atoms with E-state index in [4.69, 9.17) is 4.74 Å². The first-order chi connectivity index (χ1) is 7.81. The Balaban J connectivity index is 1.87. The third-order valence-electron chi connectivity index (χ3n) is 3.36. The van der Waals surface area contributed by atoms with E-state index in [1.807, 2.05) is 0 Å². The molecule has 0 spiro atoms. The molecule has 0 heterocycles. The lowest BCUT2D eigenvalue weighted by Crippen LogP contribution is -2.04. The van der Waals surface area contributed by atoms with Crippen LogP contribution in [-0.2, 0) is 4.74 Å². The fourth-order valence-corrected chi connectivity index (χ4v) is 1.96. The van der Waals surface area contributed by atoms with Gasteiger partial charge in [0.15, 0.2) is 0 Å². The molecule has 1 aromatic rings. The summed E-state index contributed by atoms with van der Waals surface area (Å²) in [7, 11) is 0. The van der Waals surface area contributed by atoms with Crippen molar-refractivity contribution in [1.29, 1.82) is 0 Å². The number of hydrogen-bond donors (Lipinski definition) is 0. The molecule has 1 aromatic carbocycles. The van der Waals surface area contributed by atoms with Crippen LogP contribution >= 0.6 is 0 Å². The molecule has 2 rings (SSSR count). The number of fused-ring (bicyclic) bond motifs is 1. The second kappa shape index (κ2) is 5.31. The predicted molar refractivity (Wildman–Crippen MR) is 68.2 cm³/mol. The van der Waals surface area contributed by atoms with Gasteiger partial charge in [0, 0.05) is 6.61 Å². The summed E-state index contributed by atoms with van der Waals surface area (Å²) in [5.41, 5.74) is 2.61. The highest BCUT2D eigenvalue weighted by atomic mass is 16.5. The molecule has 1 aliphatic carbocycles. The summed E-state index contributed by atoms with van der Waals surface area (Å²) in [6, 6.07) is 8.45. The van der Waals surface area contributed by atoms with E-state index in [9.17, 15) is 0 Å². The van der Waals surface area contributed by atoms with Crippen LogP contribution in [0.2, 0.25) is 0 Å². The summed E-state index contributed by atoms with van der Waals surface area (Å²) >= 11 is 0. The molecule has 0 bridgehead atoms. The second-order valence-electron chi connectivity index (χ2n) is 4.58. The minimum atomic E-state index is 0.181. The molecule has 0 amide bonds. The largest absolute Gasteiger partial charge is 0.369 e. The van der Waals surface area contributed by atoms with E-state index < -0.39 is 0 Å². The van der Waals surface area contributed by atoms with Gasteiger partial charge in [-0.1, -0.05) is 56.7 Å². The van der Waals surface area contributed by atoms with Crippen LogP contribution in [0.5, 0.6) is 0 Å². The first-order valence-corrected chi connectivity index (χ1v) is 6.20. The van der Waals surface area contributed by atoms with Gasteiger partial charge in [-0.3, -0.25) is 0 Å². The molecular formula is C15H20O. The second-order valence-corrected chi connectivity index (χ2v) is 4.58. The fourth-order valence-electron chi connectivity index (χ4n) is 1.96. The van der Waals surface area contributed by atoms with Crippen LogP contribution < -0.4 is 0 Å². The lowest BCUT2D eigenvalue weighted by molar-refractivity contribution is 0.0772. The van der Waals surface area contributed by atoms with Crippen molar-refractivity contribution in [3.05, 3.63) is 41.5 Å². The monoisotopic (exact) mass is 216 g/mol. The molecule has 2 atom stereocenters. The zero-order chi connectivity index (χ0) is 11.4. The Morgan fingerprint density at radius 1 is 1.31 bits per heavy atom. The molecule has 0 fully saturated rings. The van der Waals surface area contributed by atoms with Crippen molar-refractivity contribution in [2.75, 3.05) is 6.61 Å². The maximum Gasteiger partial charge on any atom is 0.102 e. The molecule has 0 N–H and O–H groups in total. The topological polar surface area (TPSA) is 9.23 Å². The average molecular weight is 216 g/mol. The van der Waals surface area contributed by atoms with Crippen molar-refractivity contribution >= 4 is 6.08 Å². The highest BCUT2D eigenvalue weighted by molar-refractivity contribution is 5.61. The summed E-state index contributed by atoms with van der Waals surface area (Å²) in [6.45, 7) is 5.37. The standard InChI is InChI=1S/C15H20O/c1-3-12(2)10-11-16-15-9-8-13-6-4-5-7-14(13)15/h4-9,12,15H,3,10-11H2,1-2H3. The molecule has 1 nitrogen and oxygen atoms in total. The van der Waals surface area contributed by atoms with E-state index >= 15 is 0 Å². The van der Waals surface area contributed by atoms with Crippen molar-refractivity contribution in [2.45, 2.75) is 32.8 Å². The Kier molecular flexibility index (Phi) is 3.79. The van der Waals surface area contributed by atoms with Crippen LogP contribution in [0.1, 0.15) is 43.9 Å². The molecule has 16 heavy (non-hydrogen) atoms. The first-order valence-electron chi connectivity index (χ1n) is 6.20. The zero-order valence-electron chi connectivity index (χ0n) is 10.1. The van der Waals surface area contributed by atoms with Gasteiger partial charge in [0.25, 0.3) is 0 Å². The summed E-state index contributed by atoms with van der Waals surface area (Å²) in [5, 5.41) is 0. The fraction of sp³-hybridized carbons (Fsp3) is 0.467. The van der Waals surface area contributed by atoms with E-state index in [2.05, 4.69) is 50.3 Å². The Morgan fingerprint density at radius 3 is 2.94 bits per heavy atom. The van der Waals surface area contributed by atoms with Gasteiger partial charge in [-0.15, -0.1) is 0 Å². The SMILES string of the molecule is CCC(C)CCOC1C=Cc2ccccc21. The van der Waals surface area contributed by atoms with Gasteiger partial charge in [-0.2, -0.15) is 0 Å². The Morgan fingerprint density at radius 2 is 2.12 bits per heavy atom. The Bertz CT molecular complexity index is 367. The van der Waals surface area contributed by atoms with Crippen LogP contribution in [0, 0.1) is 5.92 Å². The van der Waals surface area contributed by atoms with Gasteiger partial charge in [0.05, 0.1) is 0 Å². The molecule has 0 saturated carbocycles. The molecule has 86 valence electrons. The molecule has 0 aliphatic heterocycles. The normalized spacial score (nSPS) is 19.8. The first kappa shape index (κ1) is 11.4. The van der Waals surface area contributed by atoms with E-state index in [-0.39, 0.29) is 6.10 Å². The van der Waals surface area contributed by atoms with Crippen LogP contribution in [0.25, 0.3) is 6.08 Å². The Labute approximate surface area is 98.1 Å². The van der Waals surface area contributed by atoms with Gasteiger partial charge < -0.3 is 4.74 Å². The molecule has 1 aliphatic rings. The smallest absolute Gasteiger partial charge is 0.102 e. The van der Waals surface area contributed by atoms with Gasteiger partial charge in [-0.05, 0) is 23.5 Å². The molecule has 0 radical (unpaired) electrons. The highest BCUT2D eigenvalue weighted by Crippen LogP contribution is 2.30. The highest BCUT2D eigenvalue weighted by Gasteiger charge is 2.16. The molecule has 0 aromatic heterocycles. The van der Waals surface area contributed by atoms with Gasteiger partial charge in [0.1, 0.15) is 6.10 Å². The van der Waals surface area contributed by atoms with Crippen molar-refractivity contribution < 1.29 is 4.74 Å². The molecule has 0 saturated heterocycles. The number of ether oxygens (including phenoxy) is 1. The maximum atomic E-state index is 5.92. The summed E-state index contributed by atoms with van der Waals surface area (Å²) < 4.78 is 5.92. The minimum absolute atomic E-state index is 0.181. The van der Waals surface area contributed by atoms with E-state index in [1.54, 1.807) is 0 Å². The van der Waals surface area contributed by atoms with Crippen molar-refractivity contribution in [1.82, 2.24) is 0 Å². The van der Waals surface area contributed by atoms with Crippen LogP contribution in [0.3, 0.4) is 0 Å². The Hall–Kier alpha value is -1.08. The predicted octanol–water partition coefficient (Wildman–Crippen LogP) is 4.21. The molecule has 2 unspecified atom stereocenters. The van der Waals surface area contributed by atoms with Crippen molar-refractivity contribution in [3.63, 3.8) is 0 Å². The molecular weight excluding hydrogens is 196 g/mol. The third-order valence-corrected chi connectivity index (χ3v) is 3.36. The van der Waals surface area contributed by atoms with Crippen LogP contribution in [-0.4, -0.2) is 6.61 Å². The number of benzene rings is 1. The van der Waals surface area contributed by atoms with Crippen molar-refractivity contribution in [2.24, 2.45) is 5.92 Å². The van der Waals surface area contributed by atoms with Crippen LogP contribution in [0.15, 0.2) is 30.3 Å². The van der Waals surface area contributed by atoms with Crippen LogP contribution in [0.4, 0.5) is 0 Å². The minimum Gasteiger partial charge on any atom is -0.369 e.